The zero-order valence-corrected chi connectivity index (χ0v) is 22.9. The quantitative estimate of drug-likeness (QED) is 0.346. The van der Waals surface area contributed by atoms with Gasteiger partial charge in [-0.25, -0.2) is 0 Å². The van der Waals surface area contributed by atoms with Gasteiger partial charge in [0.15, 0.2) is 22.8 Å². The molecular formula is C31H37NO5. The number of hydrogen-bond donors (Lipinski definition) is 0. The fraction of sp³-hybridized carbons (Fsp3) is 0.806. The van der Waals surface area contributed by atoms with Crippen molar-refractivity contribution in [3.63, 3.8) is 0 Å². The van der Waals surface area contributed by atoms with E-state index in [9.17, 15) is 19.6 Å². The Morgan fingerprint density at radius 3 is 2.30 bits per heavy atom. The lowest BCUT2D eigenvalue weighted by molar-refractivity contribution is -0.207. The number of carbonyl (C=O) groups excluding carboxylic acids is 3. The molecule has 7 fully saturated rings. The number of esters is 1. The second-order valence-electron chi connectivity index (χ2n) is 15.6. The molecule has 2 heterocycles. The molecule has 0 N–H and O–H groups in total. The van der Waals surface area contributed by atoms with Crippen LogP contribution in [0.3, 0.4) is 0 Å². The number of ketones is 2. The predicted molar refractivity (Wildman–Crippen MR) is 132 cm³/mol. The van der Waals surface area contributed by atoms with Crippen molar-refractivity contribution in [2.45, 2.75) is 110 Å². The van der Waals surface area contributed by atoms with Crippen LogP contribution in [0.15, 0.2) is 11.6 Å². The lowest BCUT2D eigenvalue weighted by Crippen LogP contribution is -2.72. The molecule has 5 saturated carbocycles. The van der Waals surface area contributed by atoms with Gasteiger partial charge in [0.1, 0.15) is 11.0 Å². The van der Waals surface area contributed by atoms with E-state index in [1.807, 2.05) is 13.0 Å². The summed E-state index contributed by atoms with van der Waals surface area (Å²) in [4.78, 5) is 41.9. The minimum absolute atomic E-state index is 0.0506. The zero-order valence-electron chi connectivity index (χ0n) is 22.9. The molecule has 2 saturated heterocycles. The number of hydrogen-bond acceptors (Lipinski definition) is 6. The Morgan fingerprint density at radius 1 is 0.892 bits per heavy atom. The van der Waals surface area contributed by atoms with Crippen LogP contribution in [0.25, 0.3) is 0 Å². The highest BCUT2D eigenvalue weighted by Crippen LogP contribution is 2.87. The van der Waals surface area contributed by atoms with Crippen LogP contribution >= 0.6 is 0 Å². The highest BCUT2D eigenvalue weighted by Gasteiger charge is 2.95. The Kier molecular flexibility index (Phi) is 3.41. The molecule has 8 aliphatic rings. The van der Waals surface area contributed by atoms with E-state index in [2.05, 4.69) is 40.7 Å². The summed E-state index contributed by atoms with van der Waals surface area (Å²) >= 11 is 0. The molecule has 0 aromatic rings. The number of nitriles is 1. The zero-order chi connectivity index (χ0) is 26.4. The molecule has 8 rings (SSSR count). The molecule has 0 radical (unpaired) electrons. The molecule has 6 heteroatoms. The number of carbonyl (C=O) groups is 3. The molecule has 196 valence electrons. The first-order valence-corrected chi connectivity index (χ1v) is 14.3. The van der Waals surface area contributed by atoms with Gasteiger partial charge in [-0.05, 0) is 81.1 Å². The average molecular weight is 504 g/mol. The third-order valence-electron chi connectivity index (χ3n) is 14.3. The molecule has 0 amide bonds. The topological polar surface area (TPSA) is 96.8 Å². The Labute approximate surface area is 218 Å². The van der Waals surface area contributed by atoms with Crippen LogP contribution in [0.2, 0.25) is 0 Å². The van der Waals surface area contributed by atoms with E-state index in [1.165, 1.54) is 0 Å². The maximum atomic E-state index is 14.6. The highest BCUT2D eigenvalue weighted by atomic mass is 16.6. The summed E-state index contributed by atoms with van der Waals surface area (Å²) < 4.78 is 12.9. The molecule has 2 spiro atoms. The predicted octanol–water partition coefficient (Wildman–Crippen LogP) is 4.85. The van der Waals surface area contributed by atoms with Gasteiger partial charge in [0, 0.05) is 16.7 Å². The molecule has 2 aliphatic heterocycles. The van der Waals surface area contributed by atoms with Gasteiger partial charge in [-0.2, -0.15) is 5.26 Å². The van der Waals surface area contributed by atoms with Crippen LogP contribution in [-0.2, 0) is 23.9 Å². The van der Waals surface area contributed by atoms with Crippen molar-refractivity contribution >= 4 is 17.5 Å². The summed E-state index contributed by atoms with van der Waals surface area (Å²) in [6.07, 6.45) is 7.97. The maximum absolute atomic E-state index is 14.6. The summed E-state index contributed by atoms with van der Waals surface area (Å²) in [6.45, 7) is 13.1. The summed E-state index contributed by atoms with van der Waals surface area (Å²) in [5, 5.41) is 10.2. The molecule has 0 aromatic carbocycles. The van der Waals surface area contributed by atoms with Crippen LogP contribution in [-0.4, -0.2) is 34.3 Å². The lowest BCUT2D eigenvalue weighted by atomic mass is 9.33. The van der Waals surface area contributed by atoms with Crippen molar-refractivity contribution in [3.8, 4) is 6.07 Å². The first-order chi connectivity index (χ1) is 17.1. The van der Waals surface area contributed by atoms with E-state index in [4.69, 9.17) is 9.47 Å². The Morgan fingerprint density at radius 2 is 1.59 bits per heavy atom. The molecule has 10 atom stereocenters. The van der Waals surface area contributed by atoms with Crippen molar-refractivity contribution in [2.75, 3.05) is 0 Å². The Balaban J connectivity index is 1.36. The van der Waals surface area contributed by atoms with Crippen molar-refractivity contribution < 1.29 is 23.9 Å². The number of Topliss-reactive ketones (excluding diaryl/α,β-unsaturated/α-hetero) is 1. The van der Waals surface area contributed by atoms with Gasteiger partial charge in [-0.1, -0.05) is 40.2 Å². The van der Waals surface area contributed by atoms with Gasteiger partial charge in [-0.3, -0.25) is 14.4 Å². The molecule has 0 aromatic heterocycles. The van der Waals surface area contributed by atoms with E-state index in [-0.39, 0.29) is 34.8 Å². The van der Waals surface area contributed by atoms with Gasteiger partial charge in [0.05, 0.1) is 11.5 Å². The summed E-state index contributed by atoms with van der Waals surface area (Å²) in [5.41, 5.74) is -4.79. The smallest absolute Gasteiger partial charge is 0.313 e. The van der Waals surface area contributed by atoms with E-state index < -0.39 is 43.9 Å². The number of rotatable bonds is 0. The van der Waals surface area contributed by atoms with Crippen molar-refractivity contribution in [3.05, 3.63) is 11.6 Å². The Bertz CT molecular complexity index is 1360. The monoisotopic (exact) mass is 503 g/mol. The number of epoxide rings is 1. The molecule has 2 bridgehead atoms. The van der Waals surface area contributed by atoms with Gasteiger partial charge in [0.25, 0.3) is 0 Å². The summed E-state index contributed by atoms with van der Waals surface area (Å²) in [7, 11) is 0. The van der Waals surface area contributed by atoms with E-state index in [1.54, 1.807) is 0 Å². The molecule has 0 unspecified atom stereocenters. The molecule has 6 aliphatic carbocycles. The van der Waals surface area contributed by atoms with Crippen LogP contribution in [0.5, 0.6) is 0 Å². The van der Waals surface area contributed by atoms with Crippen molar-refractivity contribution in [1.82, 2.24) is 0 Å². The van der Waals surface area contributed by atoms with E-state index in [0.717, 1.165) is 44.1 Å². The van der Waals surface area contributed by atoms with Gasteiger partial charge >= 0.3 is 5.97 Å². The fourth-order valence-corrected chi connectivity index (χ4v) is 11.9. The SMILES string of the molecule is CC1(C)CC[C@@]23CC[C@@]4(C)[C@]5(C)CC[C@@]67O[C@]6(C)C(=O)[C@]6(C#N)C[C@@H]6[C@]7(C)C5=CC(=O)[C@]4(OC2=O)[C@@H]3C1. The van der Waals surface area contributed by atoms with E-state index >= 15 is 0 Å². The third-order valence-corrected chi connectivity index (χ3v) is 14.3. The first-order valence-electron chi connectivity index (χ1n) is 14.3. The fourth-order valence-electron chi connectivity index (χ4n) is 11.9. The normalized spacial score (nSPS) is 61.3. The van der Waals surface area contributed by atoms with Crippen LogP contribution in [0, 0.1) is 55.7 Å². The second kappa shape index (κ2) is 5.51. The van der Waals surface area contributed by atoms with Crippen LogP contribution < -0.4 is 0 Å². The number of ether oxygens (including phenoxy) is 2. The van der Waals surface area contributed by atoms with Gasteiger partial charge < -0.3 is 9.47 Å². The standard InChI is InChI=1S/C31H37NO5/c1-23(2)7-10-28-11-9-25(4)24(3)8-12-30-26(5,18-15-29(18,16-32)21(34)27(30,6)37-30)17(24)13-20(33)31(25,19(28)14-23)36-22(28)35/h13,18-19H,7-12,14-15H2,1-6H3/t18-,19-,24-,25+,26+,27-,28+,29+,30+,31-/m1/s1. The van der Waals surface area contributed by atoms with Crippen LogP contribution in [0.4, 0.5) is 0 Å². The van der Waals surface area contributed by atoms with Gasteiger partial charge in [0.2, 0.25) is 0 Å². The number of fused-ring (bicyclic) bond motifs is 5. The summed E-state index contributed by atoms with van der Waals surface area (Å²) in [5.74, 6) is -0.547. The first kappa shape index (κ1) is 22.9. The molecule has 6 nitrogen and oxygen atoms in total. The second-order valence-corrected chi connectivity index (χ2v) is 15.6. The third kappa shape index (κ3) is 1.80. The van der Waals surface area contributed by atoms with E-state index in [0.29, 0.717) is 12.8 Å². The van der Waals surface area contributed by atoms with Crippen LogP contribution in [0.1, 0.15) is 92.9 Å². The molecular weight excluding hydrogens is 466 g/mol. The Hall–Kier alpha value is -2.00. The number of nitrogens with zero attached hydrogens (tertiary/aromatic N) is 1. The minimum Gasteiger partial charge on any atom is -0.449 e. The minimum atomic E-state index is -1.15. The van der Waals surface area contributed by atoms with Crippen molar-refractivity contribution in [2.24, 2.45) is 44.3 Å². The average Bonchev–Trinajstić information content (AvgIpc) is 3.72. The van der Waals surface area contributed by atoms with Gasteiger partial charge in [-0.15, -0.1) is 0 Å². The maximum Gasteiger partial charge on any atom is 0.313 e. The lowest BCUT2D eigenvalue weighted by Gasteiger charge is -2.68. The summed E-state index contributed by atoms with van der Waals surface area (Å²) in [6, 6.07) is 2.39. The highest BCUT2D eigenvalue weighted by molar-refractivity contribution is 6.07. The van der Waals surface area contributed by atoms with Crippen molar-refractivity contribution in [1.29, 1.82) is 5.26 Å². The molecule has 37 heavy (non-hydrogen) atoms. The largest absolute Gasteiger partial charge is 0.449 e.